The zero-order valence-electron chi connectivity index (χ0n) is 21.3. The third-order valence-electron chi connectivity index (χ3n) is 7.89. The number of fused-ring (bicyclic) bond motifs is 4. The lowest BCUT2D eigenvalue weighted by Gasteiger charge is -2.17. The van der Waals surface area contributed by atoms with Gasteiger partial charge in [0.25, 0.3) is 12.0 Å². The van der Waals surface area contributed by atoms with Crippen LogP contribution in [0, 0.1) is 12.8 Å². The van der Waals surface area contributed by atoms with Crippen molar-refractivity contribution in [2.24, 2.45) is 5.92 Å². The van der Waals surface area contributed by atoms with Crippen LogP contribution in [-0.4, -0.2) is 39.7 Å². The molecule has 13 heteroatoms. The molecule has 1 fully saturated rings. The first kappa shape index (κ1) is 24.1. The number of benzene rings is 2. The molecular formula is C28H19ClF2N8O2. The Hall–Kier alpha value is -4.71. The minimum Gasteiger partial charge on any atom is -0.356 e. The summed E-state index contributed by atoms with van der Waals surface area (Å²) in [5, 5.41) is 12.8. The van der Waals surface area contributed by atoms with E-state index in [9.17, 15) is 13.6 Å². The molecule has 1 saturated carbocycles. The third kappa shape index (κ3) is 3.74. The van der Waals surface area contributed by atoms with Crippen LogP contribution in [0.25, 0.3) is 39.2 Å². The van der Waals surface area contributed by atoms with Gasteiger partial charge in [-0.05, 0) is 49.6 Å². The molecule has 0 bridgehead atoms. The average molecular weight is 573 g/mol. The monoisotopic (exact) mass is 572 g/mol. The second-order valence-corrected chi connectivity index (χ2v) is 10.8. The van der Waals surface area contributed by atoms with E-state index in [0.717, 1.165) is 35.0 Å². The Bertz CT molecular complexity index is 2060. The molecule has 1 N–H and O–H groups in total. The number of aromatic nitrogens is 8. The quantitative estimate of drug-likeness (QED) is 0.284. The largest absolute Gasteiger partial charge is 0.356 e. The Morgan fingerprint density at radius 1 is 1.17 bits per heavy atom. The highest BCUT2D eigenvalue weighted by Crippen LogP contribution is 2.59. The number of nitrogens with one attached hydrogen (secondary N) is 1. The van der Waals surface area contributed by atoms with Gasteiger partial charge in [0, 0.05) is 33.5 Å². The third-order valence-corrected chi connectivity index (χ3v) is 8.12. The fourth-order valence-electron chi connectivity index (χ4n) is 5.84. The van der Waals surface area contributed by atoms with E-state index in [2.05, 4.69) is 25.4 Å². The van der Waals surface area contributed by atoms with Gasteiger partial charge in [-0.3, -0.25) is 9.36 Å². The summed E-state index contributed by atoms with van der Waals surface area (Å²) in [6, 6.07) is 11.9. The van der Waals surface area contributed by atoms with Gasteiger partial charge >= 0.3 is 0 Å². The lowest BCUT2D eigenvalue weighted by atomic mass is 10.1. The molecule has 41 heavy (non-hydrogen) atoms. The summed E-state index contributed by atoms with van der Waals surface area (Å²) in [7, 11) is 0. The van der Waals surface area contributed by atoms with E-state index in [1.165, 1.54) is 10.7 Å². The number of rotatable bonds is 5. The summed E-state index contributed by atoms with van der Waals surface area (Å²) in [6.07, 6.45) is 1.03. The Kier molecular flexibility index (Phi) is 5.08. The summed E-state index contributed by atoms with van der Waals surface area (Å²) in [5.74, 6) is 1.64. The molecule has 2 aromatic carbocycles. The minimum atomic E-state index is -2.76. The number of halogens is 3. The van der Waals surface area contributed by atoms with Crippen LogP contribution in [-0.2, 0) is 0 Å². The predicted octanol–water partition coefficient (Wildman–Crippen LogP) is 5.63. The van der Waals surface area contributed by atoms with Crippen LogP contribution >= 0.6 is 11.6 Å². The van der Waals surface area contributed by atoms with Gasteiger partial charge in [-0.15, -0.1) is 5.10 Å². The van der Waals surface area contributed by atoms with Crippen LogP contribution < -0.4 is 5.56 Å². The van der Waals surface area contributed by atoms with Crippen molar-refractivity contribution in [3.63, 3.8) is 0 Å². The normalized spacial score (nSPS) is 19.2. The van der Waals surface area contributed by atoms with Crippen molar-refractivity contribution >= 4 is 22.6 Å². The molecule has 0 amide bonds. The van der Waals surface area contributed by atoms with Crippen molar-refractivity contribution in [1.29, 1.82) is 0 Å². The molecule has 10 nitrogen and oxygen atoms in total. The van der Waals surface area contributed by atoms with Crippen molar-refractivity contribution in [3.05, 3.63) is 93.3 Å². The van der Waals surface area contributed by atoms with Crippen LogP contribution in [0.15, 0.2) is 64.2 Å². The van der Waals surface area contributed by atoms with Crippen LogP contribution in [0.3, 0.4) is 0 Å². The summed E-state index contributed by atoms with van der Waals surface area (Å²) >= 11 is 6.30. The van der Waals surface area contributed by atoms with Crippen molar-refractivity contribution < 1.29 is 13.3 Å². The molecule has 1 aliphatic heterocycles. The number of hydrogen-bond donors (Lipinski definition) is 1. The highest BCUT2D eigenvalue weighted by Gasteiger charge is 2.55. The van der Waals surface area contributed by atoms with E-state index in [1.54, 1.807) is 29.0 Å². The minimum absolute atomic E-state index is 0.106. The standard InChI is InChI=1S/C28H19ClF2N8O2/c1-12-15-4-2-13(6-23(15)41-36-12)20-10-32-27(33-20)25-16-8-17(16)28-34-19(9-24(40)39(25)28)18-7-14(29)3-5-22(18)38-11-21(26(30)31)35-37-38/h2-7,9-11,16-17,25-26H,8H2,1H3,(H,32,33). The molecule has 3 unspecified atom stereocenters. The Labute approximate surface area is 234 Å². The maximum Gasteiger partial charge on any atom is 0.283 e. The highest BCUT2D eigenvalue weighted by atomic mass is 35.5. The van der Waals surface area contributed by atoms with Crippen molar-refractivity contribution in [3.8, 4) is 28.2 Å². The van der Waals surface area contributed by atoms with E-state index >= 15 is 0 Å². The number of alkyl halides is 2. The van der Waals surface area contributed by atoms with Crippen LogP contribution in [0.4, 0.5) is 8.78 Å². The highest BCUT2D eigenvalue weighted by molar-refractivity contribution is 6.31. The van der Waals surface area contributed by atoms with E-state index in [0.29, 0.717) is 39.2 Å². The lowest BCUT2D eigenvalue weighted by molar-refractivity contribution is 0.146. The van der Waals surface area contributed by atoms with Gasteiger partial charge in [0.05, 0.1) is 41.2 Å². The summed E-state index contributed by atoms with van der Waals surface area (Å²) in [5.41, 5.74) is 3.83. The molecule has 0 radical (unpaired) electrons. The average Bonchev–Trinajstić information content (AvgIpc) is 3.36. The van der Waals surface area contributed by atoms with Crippen LogP contribution in [0.2, 0.25) is 5.02 Å². The smallest absolute Gasteiger partial charge is 0.283 e. The maximum absolute atomic E-state index is 13.6. The van der Waals surface area contributed by atoms with Crippen molar-refractivity contribution in [1.82, 2.24) is 39.7 Å². The topological polar surface area (TPSA) is 120 Å². The fourth-order valence-corrected chi connectivity index (χ4v) is 6.01. The summed E-state index contributed by atoms with van der Waals surface area (Å²) < 4.78 is 34.7. The van der Waals surface area contributed by atoms with E-state index in [4.69, 9.17) is 21.1 Å². The van der Waals surface area contributed by atoms with E-state index in [1.807, 2.05) is 25.1 Å². The van der Waals surface area contributed by atoms with Gasteiger partial charge < -0.3 is 9.51 Å². The zero-order chi connectivity index (χ0) is 28.0. The number of aromatic amines is 1. The number of imidazole rings is 1. The SMILES string of the molecule is Cc1noc2cc(-c3cnc(C4C5CC5c5nc(-c6cc(Cl)ccc6-n6cc(C(F)F)nn6)cc(=O)n54)[nH]3)ccc12. The zero-order valence-corrected chi connectivity index (χ0v) is 22.0. The molecule has 0 spiro atoms. The molecule has 4 aromatic heterocycles. The summed E-state index contributed by atoms with van der Waals surface area (Å²) in [4.78, 5) is 26.5. The van der Waals surface area contributed by atoms with Crippen molar-refractivity contribution in [2.75, 3.05) is 0 Å². The number of aryl methyl sites for hydroxylation is 1. The Balaban J connectivity index is 1.18. The molecule has 3 atom stereocenters. The van der Waals surface area contributed by atoms with Crippen LogP contribution in [0.5, 0.6) is 0 Å². The van der Waals surface area contributed by atoms with E-state index in [-0.39, 0.29) is 23.4 Å². The maximum atomic E-state index is 13.6. The lowest BCUT2D eigenvalue weighted by Crippen LogP contribution is -2.27. The van der Waals surface area contributed by atoms with Gasteiger partial charge in [-0.2, -0.15) is 0 Å². The van der Waals surface area contributed by atoms with Crippen LogP contribution in [0.1, 0.15) is 47.8 Å². The fraction of sp³-hybridized carbons (Fsp3) is 0.214. The molecule has 8 rings (SSSR count). The van der Waals surface area contributed by atoms with Gasteiger partial charge in [0.1, 0.15) is 17.3 Å². The molecule has 1 aliphatic carbocycles. The molecule has 2 aliphatic rings. The molecule has 204 valence electrons. The van der Waals surface area contributed by atoms with Gasteiger partial charge in [-0.25, -0.2) is 23.4 Å². The molecular weight excluding hydrogens is 554 g/mol. The summed E-state index contributed by atoms with van der Waals surface area (Å²) in [6.45, 7) is 1.89. The first-order chi connectivity index (χ1) is 19.9. The number of hydrogen-bond acceptors (Lipinski definition) is 7. The Morgan fingerprint density at radius 2 is 2.05 bits per heavy atom. The van der Waals surface area contributed by atoms with Crippen molar-refractivity contribution in [2.45, 2.75) is 31.7 Å². The molecule has 6 aromatic rings. The second-order valence-electron chi connectivity index (χ2n) is 10.4. The van der Waals surface area contributed by atoms with Gasteiger partial charge in [0.2, 0.25) is 0 Å². The first-order valence-electron chi connectivity index (χ1n) is 12.9. The number of nitrogens with zero attached hydrogens (tertiary/aromatic N) is 7. The van der Waals surface area contributed by atoms with Gasteiger partial charge in [0.15, 0.2) is 5.58 Å². The first-order valence-corrected chi connectivity index (χ1v) is 13.3. The molecule has 0 saturated heterocycles. The predicted molar refractivity (Wildman–Crippen MR) is 144 cm³/mol. The molecule has 5 heterocycles. The Morgan fingerprint density at radius 3 is 2.88 bits per heavy atom. The second kappa shape index (κ2) is 8.64. The van der Waals surface area contributed by atoms with E-state index < -0.39 is 12.1 Å². The van der Waals surface area contributed by atoms with Gasteiger partial charge in [-0.1, -0.05) is 28.0 Å². The number of H-pyrrole nitrogens is 1.